The average Bonchev–Trinajstić information content (AvgIpc) is 2.90. The van der Waals surface area contributed by atoms with Crippen LogP contribution in [0.1, 0.15) is 55.1 Å². The Balaban J connectivity index is 1.95. The van der Waals surface area contributed by atoms with Crippen molar-refractivity contribution >= 4 is 17.6 Å². The molecule has 0 aromatic heterocycles. The summed E-state index contributed by atoms with van der Waals surface area (Å²) in [6, 6.07) is 15.6. The van der Waals surface area contributed by atoms with Gasteiger partial charge in [0.2, 0.25) is 0 Å². The zero-order chi connectivity index (χ0) is 25.9. The minimum absolute atomic E-state index is 0.0459. The van der Waals surface area contributed by atoms with Crippen LogP contribution in [0.3, 0.4) is 0 Å². The Kier molecular flexibility index (Phi) is 10.5. The van der Waals surface area contributed by atoms with Crippen molar-refractivity contribution in [3.63, 3.8) is 0 Å². The average molecular weight is 494 g/mol. The summed E-state index contributed by atoms with van der Waals surface area (Å²) in [5.41, 5.74) is 5.25. The van der Waals surface area contributed by atoms with E-state index < -0.39 is 6.09 Å². The second-order valence-electron chi connectivity index (χ2n) is 8.82. The summed E-state index contributed by atoms with van der Waals surface area (Å²) in [4.78, 5) is 29.1. The van der Waals surface area contributed by atoms with Gasteiger partial charge in [-0.1, -0.05) is 29.8 Å². The Hall–Kier alpha value is -3.16. The van der Waals surface area contributed by atoms with Crippen LogP contribution >= 0.6 is 0 Å². The van der Waals surface area contributed by atoms with E-state index in [0.717, 1.165) is 55.8 Å². The maximum Gasteiger partial charge on any atom is 0.412 e. The lowest BCUT2D eigenvalue weighted by molar-refractivity contribution is 0.0773. The Morgan fingerprint density at radius 1 is 0.944 bits per heavy atom. The van der Waals surface area contributed by atoms with Crippen molar-refractivity contribution < 1.29 is 19.1 Å². The van der Waals surface area contributed by atoms with Gasteiger partial charge in [-0.3, -0.25) is 4.79 Å². The molecule has 1 aliphatic heterocycles. The number of ether oxygens (including phenoxy) is 2. The van der Waals surface area contributed by atoms with Crippen molar-refractivity contribution in [3.8, 4) is 5.75 Å². The lowest BCUT2D eigenvalue weighted by Crippen LogP contribution is -2.33. The first-order valence-electron chi connectivity index (χ1n) is 12.9. The normalized spacial score (nSPS) is 13.8. The SMILES string of the molecule is CCNC(=O)Oc1cccc(C(=C2CCN(CCOC)CC2)c2ccc(C(=O)N(CC)CC)cc2)c1. The highest BCUT2D eigenvalue weighted by Crippen LogP contribution is 2.34. The summed E-state index contributed by atoms with van der Waals surface area (Å²) in [6.07, 6.45) is 1.43. The summed E-state index contributed by atoms with van der Waals surface area (Å²) in [5.74, 6) is 0.548. The highest BCUT2D eigenvalue weighted by molar-refractivity contribution is 5.95. The summed E-state index contributed by atoms with van der Waals surface area (Å²) >= 11 is 0. The zero-order valence-electron chi connectivity index (χ0n) is 22.0. The first-order valence-corrected chi connectivity index (χ1v) is 12.9. The molecule has 2 aromatic carbocycles. The molecule has 1 aliphatic rings. The lowest BCUT2D eigenvalue weighted by Gasteiger charge is -2.30. The van der Waals surface area contributed by atoms with Gasteiger partial charge in [-0.05, 0) is 74.6 Å². The Morgan fingerprint density at radius 3 is 2.22 bits per heavy atom. The number of likely N-dealkylation sites (tertiary alicyclic amines) is 1. The molecule has 2 aromatic rings. The van der Waals surface area contributed by atoms with E-state index in [2.05, 4.69) is 16.3 Å². The number of hydrogen-bond donors (Lipinski definition) is 1. The standard InChI is InChI=1S/C29H39N3O4/c1-5-30-29(34)36-26-10-8-9-25(21-26)27(23-15-17-31(18-16-23)19-20-35-4)22-11-13-24(14-12-22)28(33)32(6-2)7-3/h8-14,21H,5-7,15-20H2,1-4H3,(H,30,34). The molecule has 1 heterocycles. The molecule has 36 heavy (non-hydrogen) atoms. The molecule has 7 heteroatoms. The number of amides is 2. The Morgan fingerprint density at radius 2 is 1.61 bits per heavy atom. The smallest absolute Gasteiger partial charge is 0.410 e. The van der Waals surface area contributed by atoms with Crippen LogP contribution in [-0.2, 0) is 4.74 Å². The Bertz CT molecular complexity index is 1030. The number of nitrogens with one attached hydrogen (secondary N) is 1. The number of hydrogen-bond acceptors (Lipinski definition) is 5. The number of piperidine rings is 1. The van der Waals surface area contributed by atoms with Gasteiger partial charge in [0.25, 0.3) is 5.91 Å². The van der Waals surface area contributed by atoms with E-state index in [4.69, 9.17) is 9.47 Å². The molecule has 1 N–H and O–H groups in total. The highest BCUT2D eigenvalue weighted by Gasteiger charge is 2.20. The van der Waals surface area contributed by atoms with E-state index in [1.54, 1.807) is 13.2 Å². The first-order chi connectivity index (χ1) is 17.5. The number of nitrogens with zero attached hydrogens (tertiary/aromatic N) is 2. The van der Waals surface area contributed by atoms with Gasteiger partial charge in [-0.15, -0.1) is 0 Å². The third-order valence-corrected chi connectivity index (χ3v) is 6.55. The van der Waals surface area contributed by atoms with E-state index in [-0.39, 0.29) is 5.91 Å². The minimum Gasteiger partial charge on any atom is -0.410 e. The van der Waals surface area contributed by atoms with Gasteiger partial charge in [0.05, 0.1) is 6.61 Å². The molecular weight excluding hydrogens is 454 g/mol. The predicted molar refractivity (Wildman–Crippen MR) is 143 cm³/mol. The molecule has 194 valence electrons. The minimum atomic E-state index is -0.463. The number of methoxy groups -OCH3 is 1. The van der Waals surface area contributed by atoms with Crippen molar-refractivity contribution in [2.24, 2.45) is 0 Å². The van der Waals surface area contributed by atoms with Crippen LogP contribution in [0.2, 0.25) is 0 Å². The van der Waals surface area contributed by atoms with Gasteiger partial charge in [0, 0.05) is 51.9 Å². The largest absolute Gasteiger partial charge is 0.412 e. The van der Waals surface area contributed by atoms with E-state index in [1.165, 1.54) is 5.57 Å². The highest BCUT2D eigenvalue weighted by atomic mass is 16.6. The van der Waals surface area contributed by atoms with Crippen LogP contribution in [0, 0.1) is 0 Å². The second kappa shape index (κ2) is 13.8. The van der Waals surface area contributed by atoms with Crippen molar-refractivity contribution in [1.82, 2.24) is 15.1 Å². The number of carbonyl (C=O) groups excluding carboxylic acids is 2. The van der Waals surface area contributed by atoms with Gasteiger partial charge < -0.3 is 24.6 Å². The van der Waals surface area contributed by atoms with Crippen molar-refractivity contribution in [3.05, 3.63) is 70.8 Å². The fourth-order valence-corrected chi connectivity index (χ4v) is 4.57. The van der Waals surface area contributed by atoms with Crippen LogP contribution in [0.4, 0.5) is 4.79 Å². The zero-order valence-corrected chi connectivity index (χ0v) is 22.0. The fourth-order valence-electron chi connectivity index (χ4n) is 4.57. The summed E-state index contributed by atoms with van der Waals surface area (Å²) in [6.45, 7) is 11.3. The number of rotatable bonds is 10. The maximum atomic E-state index is 12.8. The molecule has 0 atom stereocenters. The summed E-state index contributed by atoms with van der Waals surface area (Å²) in [5, 5.41) is 2.67. The topological polar surface area (TPSA) is 71.1 Å². The molecule has 0 spiro atoms. The monoisotopic (exact) mass is 493 g/mol. The van der Waals surface area contributed by atoms with Crippen LogP contribution < -0.4 is 10.1 Å². The maximum absolute atomic E-state index is 12.8. The van der Waals surface area contributed by atoms with Crippen molar-refractivity contribution in [2.45, 2.75) is 33.6 Å². The molecule has 0 aliphatic carbocycles. The Labute approximate surface area is 215 Å². The summed E-state index contributed by atoms with van der Waals surface area (Å²) in [7, 11) is 1.73. The molecule has 0 unspecified atom stereocenters. The van der Waals surface area contributed by atoms with E-state index in [1.807, 2.05) is 62.1 Å². The molecule has 0 saturated carbocycles. The number of carbonyl (C=O) groups is 2. The predicted octanol–water partition coefficient (Wildman–Crippen LogP) is 4.82. The van der Waals surface area contributed by atoms with Gasteiger partial charge in [-0.2, -0.15) is 0 Å². The number of benzene rings is 2. The van der Waals surface area contributed by atoms with Gasteiger partial charge in [0.15, 0.2) is 0 Å². The third kappa shape index (κ3) is 7.18. The van der Waals surface area contributed by atoms with Crippen LogP contribution in [-0.4, -0.2) is 74.8 Å². The first kappa shape index (κ1) is 27.4. The molecule has 2 amide bonds. The van der Waals surface area contributed by atoms with Crippen molar-refractivity contribution in [1.29, 1.82) is 0 Å². The van der Waals surface area contributed by atoms with E-state index in [9.17, 15) is 9.59 Å². The molecule has 3 rings (SSSR count). The summed E-state index contributed by atoms with van der Waals surface area (Å²) < 4.78 is 10.7. The molecular formula is C29H39N3O4. The van der Waals surface area contributed by atoms with Gasteiger partial charge in [-0.25, -0.2) is 4.79 Å². The van der Waals surface area contributed by atoms with Gasteiger partial charge in [0.1, 0.15) is 5.75 Å². The van der Waals surface area contributed by atoms with Crippen molar-refractivity contribution in [2.75, 3.05) is 53.0 Å². The van der Waals surface area contributed by atoms with Crippen LogP contribution in [0.15, 0.2) is 54.1 Å². The van der Waals surface area contributed by atoms with E-state index >= 15 is 0 Å². The van der Waals surface area contributed by atoms with Crippen LogP contribution in [0.25, 0.3) is 5.57 Å². The molecule has 1 saturated heterocycles. The quantitative estimate of drug-likeness (QED) is 0.514. The molecule has 7 nitrogen and oxygen atoms in total. The fraction of sp³-hybridized carbons (Fsp3) is 0.448. The second-order valence-corrected chi connectivity index (χ2v) is 8.82. The lowest BCUT2D eigenvalue weighted by atomic mass is 9.88. The van der Waals surface area contributed by atoms with Gasteiger partial charge >= 0.3 is 6.09 Å². The van der Waals surface area contributed by atoms with Crippen LogP contribution in [0.5, 0.6) is 5.75 Å². The molecule has 1 fully saturated rings. The third-order valence-electron chi connectivity index (χ3n) is 6.55. The molecule has 0 bridgehead atoms. The van der Waals surface area contributed by atoms with E-state index in [0.29, 0.717) is 30.9 Å². The molecule has 0 radical (unpaired) electrons.